The zero-order valence-electron chi connectivity index (χ0n) is 17.2. The fourth-order valence-corrected chi connectivity index (χ4v) is 4.63. The van der Waals surface area contributed by atoms with E-state index in [2.05, 4.69) is 5.32 Å². The number of thioether (sulfide) groups is 1. The number of hydrogen-bond acceptors (Lipinski definition) is 4. The van der Waals surface area contributed by atoms with Crippen molar-refractivity contribution in [2.24, 2.45) is 0 Å². The fourth-order valence-electron chi connectivity index (χ4n) is 3.46. The normalized spacial score (nSPS) is 15.8. The van der Waals surface area contributed by atoms with Crippen LogP contribution in [0.4, 0.5) is 21.5 Å². The van der Waals surface area contributed by atoms with Gasteiger partial charge in [0.2, 0.25) is 5.91 Å². The highest BCUT2D eigenvalue weighted by atomic mass is 32.2. The maximum absolute atomic E-state index is 13.4. The van der Waals surface area contributed by atoms with Crippen molar-refractivity contribution in [3.63, 3.8) is 0 Å². The van der Waals surface area contributed by atoms with Crippen molar-refractivity contribution < 1.29 is 14.0 Å². The molecule has 0 radical (unpaired) electrons. The summed E-state index contributed by atoms with van der Waals surface area (Å²) in [6, 6.07) is 20.8. The topological polar surface area (TPSA) is 52.6 Å². The molecule has 1 fully saturated rings. The van der Waals surface area contributed by atoms with Crippen LogP contribution >= 0.6 is 11.8 Å². The van der Waals surface area contributed by atoms with E-state index in [0.29, 0.717) is 11.4 Å². The molecule has 0 unspecified atom stereocenters. The van der Waals surface area contributed by atoms with Gasteiger partial charge in [0.25, 0.3) is 5.91 Å². The van der Waals surface area contributed by atoms with Crippen LogP contribution in [0.15, 0.2) is 72.8 Å². The number of nitrogens with zero attached hydrogens (tertiary/aromatic N) is 2. The fraction of sp³-hybridized carbons (Fsp3) is 0.167. The van der Waals surface area contributed by atoms with Gasteiger partial charge in [0, 0.05) is 36.7 Å². The van der Waals surface area contributed by atoms with Gasteiger partial charge in [0.05, 0.1) is 5.75 Å². The van der Waals surface area contributed by atoms with Crippen LogP contribution in [0.5, 0.6) is 0 Å². The molecule has 0 aliphatic carbocycles. The summed E-state index contributed by atoms with van der Waals surface area (Å²) in [5, 5.41) is 2.62. The van der Waals surface area contributed by atoms with Crippen molar-refractivity contribution in [1.29, 1.82) is 0 Å². The third kappa shape index (κ3) is 4.56. The number of carbonyl (C=O) groups excluding carboxylic acids is 2. The van der Waals surface area contributed by atoms with E-state index < -0.39 is 5.82 Å². The first-order valence-corrected chi connectivity index (χ1v) is 10.9. The van der Waals surface area contributed by atoms with Gasteiger partial charge in [-0.2, -0.15) is 0 Å². The average molecular weight is 436 g/mol. The number of hydrogen-bond donors (Lipinski definition) is 1. The number of anilines is 3. The molecule has 0 saturated carbocycles. The molecule has 1 aliphatic rings. The minimum atomic E-state index is -0.460. The molecule has 0 aromatic heterocycles. The second kappa shape index (κ2) is 8.81. The molecule has 3 aromatic carbocycles. The van der Waals surface area contributed by atoms with E-state index in [-0.39, 0.29) is 22.8 Å². The van der Waals surface area contributed by atoms with Crippen LogP contribution in [-0.2, 0) is 4.79 Å². The number of benzene rings is 3. The van der Waals surface area contributed by atoms with Crippen LogP contribution in [-0.4, -0.2) is 31.7 Å². The third-order valence-corrected chi connectivity index (χ3v) is 6.24. The molecular weight excluding hydrogens is 413 g/mol. The molecule has 1 saturated heterocycles. The van der Waals surface area contributed by atoms with Gasteiger partial charge in [-0.05, 0) is 60.2 Å². The summed E-state index contributed by atoms with van der Waals surface area (Å²) in [4.78, 5) is 28.9. The summed E-state index contributed by atoms with van der Waals surface area (Å²) in [5.41, 5.74) is 3.64. The SMILES string of the molecule is CN(C)c1ccc(N2C(=O)CS[C@H]2c2cccc(NC(=O)c3cccc(F)c3)c2)cc1. The van der Waals surface area contributed by atoms with Crippen LogP contribution in [0, 0.1) is 5.82 Å². The van der Waals surface area contributed by atoms with Crippen molar-refractivity contribution in [1.82, 2.24) is 0 Å². The number of nitrogens with one attached hydrogen (secondary N) is 1. The highest BCUT2D eigenvalue weighted by Gasteiger charge is 2.34. The monoisotopic (exact) mass is 435 g/mol. The molecule has 1 N–H and O–H groups in total. The van der Waals surface area contributed by atoms with Crippen LogP contribution in [0.2, 0.25) is 0 Å². The van der Waals surface area contributed by atoms with Crippen molar-refractivity contribution in [2.45, 2.75) is 5.37 Å². The van der Waals surface area contributed by atoms with E-state index >= 15 is 0 Å². The van der Waals surface area contributed by atoms with Crippen molar-refractivity contribution >= 4 is 40.6 Å². The second-order valence-corrected chi connectivity index (χ2v) is 8.50. The van der Waals surface area contributed by atoms with Gasteiger partial charge in [0.15, 0.2) is 0 Å². The van der Waals surface area contributed by atoms with E-state index in [1.54, 1.807) is 28.8 Å². The molecule has 2 amide bonds. The summed E-state index contributed by atoms with van der Waals surface area (Å²) in [7, 11) is 3.94. The quantitative estimate of drug-likeness (QED) is 0.618. The lowest BCUT2D eigenvalue weighted by Crippen LogP contribution is -2.27. The van der Waals surface area contributed by atoms with Gasteiger partial charge in [-0.15, -0.1) is 11.8 Å². The largest absolute Gasteiger partial charge is 0.378 e. The van der Waals surface area contributed by atoms with Crippen molar-refractivity contribution in [3.8, 4) is 0 Å². The molecule has 7 heteroatoms. The summed E-state index contributed by atoms with van der Waals surface area (Å²) in [6.45, 7) is 0. The first kappa shape index (κ1) is 20.9. The number of rotatable bonds is 5. The maximum Gasteiger partial charge on any atom is 0.255 e. The van der Waals surface area contributed by atoms with Crippen LogP contribution in [0.1, 0.15) is 21.3 Å². The average Bonchev–Trinajstić information content (AvgIpc) is 3.15. The Morgan fingerprint density at radius 3 is 2.52 bits per heavy atom. The minimum absolute atomic E-state index is 0.0433. The molecule has 0 bridgehead atoms. The van der Waals surface area contributed by atoms with Crippen molar-refractivity contribution in [2.75, 3.05) is 35.0 Å². The van der Waals surface area contributed by atoms with E-state index in [0.717, 1.165) is 16.9 Å². The summed E-state index contributed by atoms with van der Waals surface area (Å²) >= 11 is 1.55. The van der Waals surface area contributed by atoms with Gasteiger partial charge >= 0.3 is 0 Å². The van der Waals surface area contributed by atoms with Crippen LogP contribution in [0.25, 0.3) is 0 Å². The van der Waals surface area contributed by atoms with Crippen molar-refractivity contribution in [3.05, 3.63) is 89.7 Å². The number of carbonyl (C=O) groups is 2. The first-order chi connectivity index (χ1) is 14.9. The molecule has 4 rings (SSSR count). The van der Waals surface area contributed by atoms with Crippen LogP contribution in [0.3, 0.4) is 0 Å². The molecular formula is C24H22FN3O2S. The maximum atomic E-state index is 13.4. The molecule has 5 nitrogen and oxygen atoms in total. The predicted octanol–water partition coefficient (Wildman–Crippen LogP) is 4.92. The van der Waals surface area contributed by atoms with Gasteiger partial charge < -0.3 is 10.2 Å². The van der Waals surface area contributed by atoms with E-state index in [9.17, 15) is 14.0 Å². The molecule has 1 heterocycles. The summed E-state index contributed by atoms with van der Waals surface area (Å²) < 4.78 is 13.4. The lowest BCUT2D eigenvalue weighted by molar-refractivity contribution is -0.115. The molecule has 0 spiro atoms. The predicted molar refractivity (Wildman–Crippen MR) is 124 cm³/mol. The lowest BCUT2D eigenvalue weighted by atomic mass is 10.1. The van der Waals surface area contributed by atoms with E-state index in [1.165, 1.54) is 18.2 Å². The van der Waals surface area contributed by atoms with Crippen LogP contribution < -0.4 is 15.1 Å². The zero-order chi connectivity index (χ0) is 22.0. The molecule has 31 heavy (non-hydrogen) atoms. The molecule has 1 aliphatic heterocycles. The van der Waals surface area contributed by atoms with E-state index in [1.807, 2.05) is 61.5 Å². The number of halogens is 1. The Morgan fingerprint density at radius 2 is 1.81 bits per heavy atom. The Morgan fingerprint density at radius 1 is 1.06 bits per heavy atom. The highest BCUT2D eigenvalue weighted by molar-refractivity contribution is 8.00. The van der Waals surface area contributed by atoms with Gasteiger partial charge in [0.1, 0.15) is 11.2 Å². The Balaban J connectivity index is 1.57. The summed E-state index contributed by atoms with van der Waals surface area (Å²) in [5.74, 6) is -0.414. The Hall–Kier alpha value is -3.32. The summed E-state index contributed by atoms with van der Waals surface area (Å²) in [6.07, 6.45) is 0. The standard InChI is InChI=1S/C24H22FN3O2S/c1-27(2)20-9-11-21(12-10-20)28-22(29)15-31-24(28)17-6-4-8-19(14-17)26-23(30)16-5-3-7-18(25)13-16/h3-14,24H,15H2,1-2H3,(H,26,30)/t24-/m0/s1. The Kier molecular flexibility index (Phi) is 5.95. The first-order valence-electron chi connectivity index (χ1n) is 9.80. The second-order valence-electron chi connectivity index (χ2n) is 7.43. The smallest absolute Gasteiger partial charge is 0.255 e. The van der Waals surface area contributed by atoms with E-state index in [4.69, 9.17) is 0 Å². The van der Waals surface area contributed by atoms with Gasteiger partial charge in [-0.3, -0.25) is 14.5 Å². The molecule has 158 valence electrons. The van der Waals surface area contributed by atoms with Gasteiger partial charge in [-0.25, -0.2) is 4.39 Å². The Labute approximate surface area is 184 Å². The lowest BCUT2D eigenvalue weighted by Gasteiger charge is -2.25. The minimum Gasteiger partial charge on any atom is -0.378 e. The zero-order valence-corrected chi connectivity index (χ0v) is 18.0. The Bertz CT molecular complexity index is 1120. The number of amides is 2. The molecule has 1 atom stereocenters. The third-order valence-electron chi connectivity index (χ3n) is 5.03. The molecule has 3 aromatic rings. The highest BCUT2D eigenvalue weighted by Crippen LogP contribution is 2.42. The van der Waals surface area contributed by atoms with Gasteiger partial charge in [-0.1, -0.05) is 18.2 Å².